The number of carbonyl (C=O) groups excluding carboxylic acids is 1. The van der Waals surface area contributed by atoms with Gasteiger partial charge in [-0.15, -0.1) is 0 Å². The Bertz CT molecular complexity index is 859. The summed E-state index contributed by atoms with van der Waals surface area (Å²) in [6.45, 7) is -0.0302. The molecular weight excluding hydrogens is 341 g/mol. The van der Waals surface area contributed by atoms with Crippen molar-refractivity contribution in [1.82, 2.24) is 5.32 Å². The van der Waals surface area contributed by atoms with E-state index >= 15 is 0 Å². The van der Waals surface area contributed by atoms with Gasteiger partial charge in [0.2, 0.25) is 5.91 Å². The molecule has 0 bridgehead atoms. The summed E-state index contributed by atoms with van der Waals surface area (Å²) in [4.78, 5) is 13.0. The van der Waals surface area contributed by atoms with E-state index in [1.54, 1.807) is 36.4 Å². The molecule has 0 atom stereocenters. The fraction of sp³-hybridized carbons (Fsp3) is 0.316. The zero-order valence-electron chi connectivity index (χ0n) is 13.7. The lowest BCUT2D eigenvalue weighted by Crippen LogP contribution is -2.50. The molecule has 6 heteroatoms. The van der Waals surface area contributed by atoms with Crippen LogP contribution in [-0.2, 0) is 21.2 Å². The molecule has 2 aromatic carbocycles. The molecule has 0 spiro atoms. The SMILES string of the molecule is O=C(NCc1ccccc1F)C1(S(=O)(=O)c2ccccc2)CCCC1. The van der Waals surface area contributed by atoms with E-state index in [1.165, 1.54) is 18.2 Å². The van der Waals surface area contributed by atoms with Crippen molar-refractivity contribution in [2.75, 3.05) is 0 Å². The summed E-state index contributed by atoms with van der Waals surface area (Å²) in [6.07, 6.45) is 1.93. The van der Waals surface area contributed by atoms with E-state index in [1.807, 2.05) is 0 Å². The van der Waals surface area contributed by atoms with Gasteiger partial charge in [-0.2, -0.15) is 0 Å². The van der Waals surface area contributed by atoms with E-state index in [-0.39, 0.29) is 24.3 Å². The normalized spacial score (nSPS) is 16.5. The first-order valence-corrected chi connectivity index (χ1v) is 9.77. The number of benzene rings is 2. The number of amides is 1. The predicted octanol–water partition coefficient (Wildman–Crippen LogP) is 3.23. The number of carbonyl (C=O) groups is 1. The maximum absolute atomic E-state index is 13.7. The van der Waals surface area contributed by atoms with Crippen molar-refractivity contribution in [2.24, 2.45) is 0 Å². The quantitative estimate of drug-likeness (QED) is 0.889. The molecule has 1 N–H and O–H groups in total. The van der Waals surface area contributed by atoms with E-state index in [2.05, 4.69) is 5.32 Å². The minimum absolute atomic E-state index is 0.0302. The number of hydrogen-bond donors (Lipinski definition) is 1. The van der Waals surface area contributed by atoms with Crippen LogP contribution in [0.3, 0.4) is 0 Å². The number of sulfone groups is 1. The highest BCUT2D eigenvalue weighted by Gasteiger charge is 2.52. The van der Waals surface area contributed by atoms with Crippen LogP contribution in [-0.4, -0.2) is 19.1 Å². The second-order valence-corrected chi connectivity index (χ2v) is 8.55. The van der Waals surface area contributed by atoms with Crippen molar-refractivity contribution < 1.29 is 17.6 Å². The van der Waals surface area contributed by atoms with Crippen LogP contribution >= 0.6 is 0 Å². The highest BCUT2D eigenvalue weighted by atomic mass is 32.2. The van der Waals surface area contributed by atoms with Crippen LogP contribution in [0.25, 0.3) is 0 Å². The minimum atomic E-state index is -3.82. The van der Waals surface area contributed by atoms with Crippen molar-refractivity contribution in [2.45, 2.75) is 41.9 Å². The van der Waals surface area contributed by atoms with Gasteiger partial charge >= 0.3 is 0 Å². The molecule has 0 aliphatic heterocycles. The molecule has 0 unspecified atom stereocenters. The Hall–Kier alpha value is -2.21. The highest BCUT2D eigenvalue weighted by molar-refractivity contribution is 7.93. The van der Waals surface area contributed by atoms with Gasteiger partial charge < -0.3 is 5.32 Å². The smallest absolute Gasteiger partial charge is 0.242 e. The molecule has 4 nitrogen and oxygen atoms in total. The molecule has 1 fully saturated rings. The molecule has 0 heterocycles. The number of halogens is 1. The van der Waals surface area contributed by atoms with Crippen LogP contribution < -0.4 is 5.32 Å². The van der Waals surface area contributed by atoms with Gasteiger partial charge in [0.1, 0.15) is 5.82 Å². The third-order valence-corrected chi connectivity index (χ3v) is 7.31. The summed E-state index contributed by atoms with van der Waals surface area (Å²) in [5.41, 5.74) is 0.334. The van der Waals surface area contributed by atoms with Crippen LogP contribution in [0.15, 0.2) is 59.5 Å². The standard InChI is InChI=1S/C19H20FNO3S/c20-17-11-5-4-8-15(17)14-21-18(22)19(12-6-7-13-19)25(23,24)16-9-2-1-3-10-16/h1-5,8-11H,6-7,12-14H2,(H,21,22). The fourth-order valence-electron chi connectivity index (χ4n) is 3.37. The first-order valence-electron chi connectivity index (χ1n) is 8.29. The number of rotatable bonds is 5. The molecule has 1 aliphatic rings. The monoisotopic (exact) mass is 361 g/mol. The van der Waals surface area contributed by atoms with Crippen molar-refractivity contribution in [1.29, 1.82) is 0 Å². The lowest BCUT2D eigenvalue weighted by Gasteiger charge is -2.27. The van der Waals surface area contributed by atoms with Crippen LogP contribution in [0.5, 0.6) is 0 Å². The maximum atomic E-state index is 13.7. The molecule has 0 radical (unpaired) electrons. The average Bonchev–Trinajstić information content (AvgIpc) is 3.13. The summed E-state index contributed by atoms with van der Waals surface area (Å²) in [5, 5.41) is 2.64. The molecule has 0 aromatic heterocycles. The van der Waals surface area contributed by atoms with Gasteiger partial charge in [-0.05, 0) is 31.0 Å². The summed E-state index contributed by atoms with van der Waals surface area (Å²) < 4.78 is 38.6. The zero-order valence-corrected chi connectivity index (χ0v) is 14.6. The lowest BCUT2D eigenvalue weighted by molar-refractivity contribution is -0.123. The Labute approximate surface area is 147 Å². The Morgan fingerprint density at radius 2 is 1.60 bits per heavy atom. The summed E-state index contributed by atoms with van der Waals surface area (Å²) in [5.74, 6) is -0.966. The summed E-state index contributed by atoms with van der Waals surface area (Å²) >= 11 is 0. The summed E-state index contributed by atoms with van der Waals surface area (Å²) in [6, 6.07) is 14.2. The topological polar surface area (TPSA) is 63.2 Å². The first kappa shape index (κ1) is 17.6. The van der Waals surface area contributed by atoms with Crippen LogP contribution in [0.4, 0.5) is 4.39 Å². The van der Waals surface area contributed by atoms with Gasteiger partial charge in [-0.1, -0.05) is 49.2 Å². The van der Waals surface area contributed by atoms with Crippen LogP contribution in [0.1, 0.15) is 31.2 Å². The number of hydrogen-bond acceptors (Lipinski definition) is 3. The fourth-order valence-corrected chi connectivity index (χ4v) is 5.48. The predicted molar refractivity (Wildman–Crippen MR) is 93.1 cm³/mol. The van der Waals surface area contributed by atoms with E-state index < -0.39 is 26.3 Å². The molecule has 3 rings (SSSR count). The van der Waals surface area contributed by atoms with Gasteiger partial charge in [0.15, 0.2) is 14.6 Å². The van der Waals surface area contributed by atoms with E-state index in [0.29, 0.717) is 18.4 Å². The van der Waals surface area contributed by atoms with Gasteiger partial charge in [-0.3, -0.25) is 4.79 Å². The summed E-state index contributed by atoms with van der Waals surface area (Å²) in [7, 11) is -3.82. The molecule has 25 heavy (non-hydrogen) atoms. The van der Waals surface area contributed by atoms with E-state index in [4.69, 9.17) is 0 Å². The third kappa shape index (κ3) is 3.18. The lowest BCUT2D eigenvalue weighted by atomic mass is 10.1. The Morgan fingerprint density at radius 1 is 1.00 bits per heavy atom. The van der Waals surface area contributed by atoms with Crippen molar-refractivity contribution >= 4 is 15.7 Å². The Kier molecular flexibility index (Phi) is 4.90. The van der Waals surface area contributed by atoms with Gasteiger partial charge in [0.25, 0.3) is 0 Å². The molecule has 2 aromatic rings. The van der Waals surface area contributed by atoms with E-state index in [9.17, 15) is 17.6 Å². The second-order valence-electron chi connectivity index (χ2n) is 6.29. The highest BCUT2D eigenvalue weighted by Crippen LogP contribution is 2.40. The van der Waals surface area contributed by atoms with Crippen molar-refractivity contribution in [3.05, 3.63) is 66.0 Å². The Balaban J connectivity index is 1.88. The number of nitrogens with one attached hydrogen (secondary N) is 1. The maximum Gasteiger partial charge on any atom is 0.242 e. The molecule has 1 aliphatic carbocycles. The van der Waals surface area contributed by atoms with Gasteiger partial charge in [-0.25, -0.2) is 12.8 Å². The second kappa shape index (κ2) is 6.96. The average molecular weight is 361 g/mol. The largest absolute Gasteiger partial charge is 0.351 e. The van der Waals surface area contributed by atoms with E-state index in [0.717, 1.165) is 0 Å². The van der Waals surface area contributed by atoms with Gasteiger partial charge in [0, 0.05) is 12.1 Å². The zero-order chi connectivity index (χ0) is 17.9. The Morgan fingerprint density at radius 3 is 2.24 bits per heavy atom. The minimum Gasteiger partial charge on any atom is -0.351 e. The molecular formula is C19H20FNO3S. The molecule has 1 saturated carbocycles. The first-order chi connectivity index (χ1) is 12.0. The molecule has 0 saturated heterocycles. The van der Waals surface area contributed by atoms with Crippen LogP contribution in [0, 0.1) is 5.82 Å². The van der Waals surface area contributed by atoms with Crippen molar-refractivity contribution in [3.63, 3.8) is 0 Å². The van der Waals surface area contributed by atoms with Crippen LogP contribution in [0.2, 0.25) is 0 Å². The van der Waals surface area contributed by atoms with Gasteiger partial charge in [0.05, 0.1) is 4.90 Å². The molecule has 132 valence electrons. The van der Waals surface area contributed by atoms with Crippen molar-refractivity contribution in [3.8, 4) is 0 Å². The third-order valence-electron chi connectivity index (χ3n) is 4.79. The molecule has 1 amide bonds.